The van der Waals surface area contributed by atoms with Crippen LogP contribution in [0, 0.1) is 0 Å². The van der Waals surface area contributed by atoms with E-state index in [0.29, 0.717) is 17.3 Å². The molecular formula is C14H18N6O. The molecule has 3 rings (SSSR count). The van der Waals surface area contributed by atoms with Crippen LogP contribution in [0.4, 0.5) is 0 Å². The van der Waals surface area contributed by atoms with Crippen molar-refractivity contribution in [1.82, 2.24) is 30.4 Å². The van der Waals surface area contributed by atoms with Crippen LogP contribution in [-0.2, 0) is 0 Å². The number of nitrogens with zero attached hydrogens (tertiary/aromatic N) is 5. The Bertz CT molecular complexity index is 612. The summed E-state index contributed by atoms with van der Waals surface area (Å²) in [5.41, 5.74) is 1.33. The molecule has 1 aromatic heterocycles. The highest BCUT2D eigenvalue weighted by atomic mass is 16.2. The molecule has 0 bridgehead atoms. The van der Waals surface area contributed by atoms with Crippen LogP contribution in [0.2, 0.25) is 0 Å². The second kappa shape index (κ2) is 6.01. The first-order valence-electron chi connectivity index (χ1n) is 7.08. The van der Waals surface area contributed by atoms with Gasteiger partial charge in [0, 0.05) is 19.1 Å². The molecule has 0 unspecified atom stereocenters. The number of carbonyl (C=O) groups is 1. The Kier molecular flexibility index (Phi) is 3.92. The molecule has 21 heavy (non-hydrogen) atoms. The average Bonchev–Trinajstić information content (AvgIpc) is 3.08. The van der Waals surface area contributed by atoms with Gasteiger partial charge < -0.3 is 10.2 Å². The number of nitrogens with one attached hydrogen (secondary N) is 1. The van der Waals surface area contributed by atoms with Gasteiger partial charge in [0.2, 0.25) is 0 Å². The number of piperidine rings is 1. The minimum Gasteiger partial charge on any atom is -0.337 e. The van der Waals surface area contributed by atoms with Gasteiger partial charge in [-0.05, 0) is 42.4 Å². The zero-order valence-electron chi connectivity index (χ0n) is 11.9. The van der Waals surface area contributed by atoms with Gasteiger partial charge in [0.05, 0.1) is 11.3 Å². The summed E-state index contributed by atoms with van der Waals surface area (Å²) in [6, 6.07) is 7.77. The molecule has 1 N–H and O–H groups in total. The van der Waals surface area contributed by atoms with Crippen molar-refractivity contribution < 1.29 is 4.79 Å². The van der Waals surface area contributed by atoms with Gasteiger partial charge in [0.15, 0.2) is 0 Å². The van der Waals surface area contributed by atoms with Crippen LogP contribution in [0.25, 0.3) is 5.69 Å². The van der Waals surface area contributed by atoms with Gasteiger partial charge in [0.1, 0.15) is 6.33 Å². The SMILES string of the molecule is CN[C@@H]1CCCN(C(=O)c2ccccc2-n2cnnn2)C1. The molecule has 1 amide bonds. The zero-order chi connectivity index (χ0) is 14.7. The van der Waals surface area contributed by atoms with Crippen LogP contribution in [0.15, 0.2) is 30.6 Å². The van der Waals surface area contributed by atoms with E-state index >= 15 is 0 Å². The van der Waals surface area contributed by atoms with Crippen molar-refractivity contribution in [3.05, 3.63) is 36.2 Å². The van der Waals surface area contributed by atoms with Crippen LogP contribution in [0.1, 0.15) is 23.2 Å². The van der Waals surface area contributed by atoms with Crippen LogP contribution in [0.5, 0.6) is 0 Å². The predicted molar refractivity (Wildman–Crippen MR) is 77.1 cm³/mol. The van der Waals surface area contributed by atoms with Crippen molar-refractivity contribution in [3.8, 4) is 5.69 Å². The lowest BCUT2D eigenvalue weighted by Crippen LogP contribution is -2.47. The summed E-state index contributed by atoms with van der Waals surface area (Å²) in [6.07, 6.45) is 3.62. The Balaban J connectivity index is 1.88. The molecule has 0 radical (unpaired) electrons. The van der Waals surface area contributed by atoms with E-state index in [9.17, 15) is 4.79 Å². The van der Waals surface area contributed by atoms with Crippen LogP contribution in [-0.4, -0.2) is 57.2 Å². The summed E-state index contributed by atoms with van der Waals surface area (Å²) in [5.74, 6) is 0.0288. The number of para-hydroxylation sites is 1. The summed E-state index contributed by atoms with van der Waals surface area (Å²) in [6.45, 7) is 1.53. The predicted octanol–water partition coefficient (Wildman–Crippen LogP) is 0.486. The van der Waals surface area contributed by atoms with Crippen LogP contribution >= 0.6 is 0 Å². The quantitative estimate of drug-likeness (QED) is 0.888. The molecule has 2 aromatic rings. The Labute approximate surface area is 122 Å². The van der Waals surface area contributed by atoms with Gasteiger partial charge in [0.25, 0.3) is 5.91 Å². The number of likely N-dealkylation sites (N-methyl/N-ethyl adjacent to an activating group) is 1. The summed E-state index contributed by atoms with van der Waals surface area (Å²) in [5, 5.41) is 14.4. The summed E-state index contributed by atoms with van der Waals surface area (Å²) >= 11 is 0. The molecule has 1 aliphatic rings. The van der Waals surface area contributed by atoms with Crippen LogP contribution in [0.3, 0.4) is 0 Å². The summed E-state index contributed by atoms with van der Waals surface area (Å²) < 4.78 is 1.52. The van der Waals surface area contributed by atoms with E-state index in [0.717, 1.165) is 25.9 Å². The number of hydrogen-bond donors (Lipinski definition) is 1. The number of hydrogen-bond acceptors (Lipinski definition) is 5. The fraction of sp³-hybridized carbons (Fsp3) is 0.429. The van der Waals surface area contributed by atoms with E-state index in [1.165, 1.54) is 11.0 Å². The minimum absolute atomic E-state index is 0.0288. The number of tetrazole rings is 1. The van der Waals surface area contributed by atoms with Gasteiger partial charge in [-0.25, -0.2) is 0 Å². The Morgan fingerprint density at radius 1 is 1.38 bits per heavy atom. The maximum Gasteiger partial charge on any atom is 0.256 e. The van der Waals surface area contributed by atoms with Crippen molar-refractivity contribution in [2.45, 2.75) is 18.9 Å². The van der Waals surface area contributed by atoms with Gasteiger partial charge in [-0.3, -0.25) is 4.79 Å². The van der Waals surface area contributed by atoms with Crippen molar-refractivity contribution in [3.63, 3.8) is 0 Å². The third-order valence-corrected chi connectivity index (χ3v) is 3.85. The Morgan fingerprint density at radius 3 is 3.00 bits per heavy atom. The normalized spacial score (nSPS) is 18.7. The number of rotatable bonds is 3. The molecule has 7 nitrogen and oxygen atoms in total. The summed E-state index contributed by atoms with van der Waals surface area (Å²) in [7, 11) is 1.94. The number of amides is 1. The molecule has 1 aromatic carbocycles. The number of benzene rings is 1. The standard InChI is InChI=1S/C14H18N6O/c1-15-11-5-4-8-19(9-11)14(21)12-6-2-3-7-13(12)20-10-16-17-18-20/h2-3,6-7,10-11,15H,4-5,8-9H2,1H3/t11-/m1/s1. The maximum atomic E-state index is 12.8. The third-order valence-electron chi connectivity index (χ3n) is 3.85. The highest BCUT2D eigenvalue weighted by Gasteiger charge is 2.25. The van der Waals surface area contributed by atoms with Crippen molar-refractivity contribution in [2.24, 2.45) is 0 Å². The highest BCUT2D eigenvalue weighted by Crippen LogP contribution is 2.18. The van der Waals surface area contributed by atoms with E-state index in [1.54, 1.807) is 0 Å². The van der Waals surface area contributed by atoms with Crippen molar-refractivity contribution in [2.75, 3.05) is 20.1 Å². The number of likely N-dealkylation sites (tertiary alicyclic amines) is 1. The molecule has 1 fully saturated rings. The van der Waals surface area contributed by atoms with Crippen molar-refractivity contribution in [1.29, 1.82) is 0 Å². The van der Waals surface area contributed by atoms with Gasteiger partial charge in [-0.1, -0.05) is 12.1 Å². The Hall–Kier alpha value is -2.28. The average molecular weight is 286 g/mol. The molecule has 0 saturated carbocycles. The lowest BCUT2D eigenvalue weighted by Gasteiger charge is -2.33. The van der Waals surface area contributed by atoms with E-state index in [1.807, 2.05) is 36.2 Å². The molecular weight excluding hydrogens is 268 g/mol. The topological polar surface area (TPSA) is 75.9 Å². The molecule has 0 spiro atoms. The number of carbonyl (C=O) groups excluding carboxylic acids is 1. The monoisotopic (exact) mass is 286 g/mol. The first-order valence-corrected chi connectivity index (χ1v) is 7.08. The highest BCUT2D eigenvalue weighted by molar-refractivity contribution is 5.97. The van der Waals surface area contributed by atoms with Crippen molar-refractivity contribution >= 4 is 5.91 Å². The zero-order valence-corrected chi connectivity index (χ0v) is 11.9. The van der Waals surface area contributed by atoms with E-state index in [-0.39, 0.29) is 5.91 Å². The molecule has 1 saturated heterocycles. The largest absolute Gasteiger partial charge is 0.337 e. The van der Waals surface area contributed by atoms with Gasteiger partial charge >= 0.3 is 0 Å². The first kappa shape index (κ1) is 13.7. The fourth-order valence-corrected chi connectivity index (χ4v) is 2.69. The fourth-order valence-electron chi connectivity index (χ4n) is 2.69. The van der Waals surface area contributed by atoms with Gasteiger partial charge in [-0.15, -0.1) is 5.10 Å². The second-order valence-corrected chi connectivity index (χ2v) is 5.15. The molecule has 0 aliphatic carbocycles. The minimum atomic E-state index is 0.0288. The van der Waals surface area contributed by atoms with Crippen LogP contribution < -0.4 is 5.32 Å². The molecule has 2 heterocycles. The van der Waals surface area contributed by atoms with E-state index in [2.05, 4.69) is 20.8 Å². The maximum absolute atomic E-state index is 12.8. The molecule has 7 heteroatoms. The van der Waals surface area contributed by atoms with Gasteiger partial charge in [-0.2, -0.15) is 4.68 Å². The smallest absolute Gasteiger partial charge is 0.256 e. The van der Waals surface area contributed by atoms with E-state index in [4.69, 9.17) is 0 Å². The van der Waals surface area contributed by atoms with E-state index < -0.39 is 0 Å². The third kappa shape index (κ3) is 2.78. The Morgan fingerprint density at radius 2 is 2.24 bits per heavy atom. The lowest BCUT2D eigenvalue weighted by atomic mass is 10.0. The lowest BCUT2D eigenvalue weighted by molar-refractivity contribution is 0.0698. The molecule has 1 atom stereocenters. The molecule has 110 valence electrons. The second-order valence-electron chi connectivity index (χ2n) is 5.15. The number of aromatic nitrogens is 4. The summed E-state index contributed by atoms with van der Waals surface area (Å²) in [4.78, 5) is 14.7. The molecule has 1 aliphatic heterocycles. The first-order chi connectivity index (χ1) is 10.3.